The Hall–Kier alpha value is -2.89. The Morgan fingerprint density at radius 1 is 1.10 bits per heavy atom. The predicted octanol–water partition coefficient (Wildman–Crippen LogP) is 3.20. The van der Waals surface area contributed by atoms with E-state index >= 15 is 0 Å². The number of methoxy groups -OCH3 is 1. The number of pyridine rings is 1. The van der Waals surface area contributed by atoms with Crippen LogP contribution in [0.2, 0.25) is 0 Å². The molecule has 0 radical (unpaired) electrons. The van der Waals surface area contributed by atoms with Crippen molar-refractivity contribution in [1.82, 2.24) is 14.8 Å². The van der Waals surface area contributed by atoms with Crippen LogP contribution in [0.25, 0.3) is 0 Å². The lowest BCUT2D eigenvalue weighted by molar-refractivity contribution is -0.133. The fourth-order valence-corrected chi connectivity index (χ4v) is 4.47. The molecule has 6 heteroatoms. The smallest absolute Gasteiger partial charge is 0.255 e. The number of aromatic nitrogens is 1. The minimum Gasteiger partial charge on any atom is -0.497 e. The molecule has 1 aromatic heterocycles. The molecule has 2 saturated heterocycles. The van der Waals surface area contributed by atoms with Crippen LogP contribution in [0.5, 0.6) is 5.75 Å². The van der Waals surface area contributed by atoms with Crippen LogP contribution < -0.4 is 4.74 Å². The van der Waals surface area contributed by atoms with E-state index in [-0.39, 0.29) is 17.4 Å². The van der Waals surface area contributed by atoms with Crippen molar-refractivity contribution in [2.75, 3.05) is 20.2 Å². The second kappa shape index (κ2) is 7.85. The molecule has 0 N–H and O–H groups in total. The molecule has 29 heavy (non-hydrogen) atoms. The van der Waals surface area contributed by atoms with Gasteiger partial charge >= 0.3 is 0 Å². The fraction of sp³-hybridized carbons (Fsp3) is 0.435. The molecule has 1 spiro atoms. The van der Waals surface area contributed by atoms with Gasteiger partial charge in [0.15, 0.2) is 0 Å². The van der Waals surface area contributed by atoms with Gasteiger partial charge in [-0.25, -0.2) is 0 Å². The Labute approximate surface area is 171 Å². The minimum absolute atomic E-state index is 0.0263. The number of aryl methyl sites for hydroxylation is 1. The number of piperidine rings is 1. The summed E-state index contributed by atoms with van der Waals surface area (Å²) in [4.78, 5) is 33.6. The second-order valence-electron chi connectivity index (χ2n) is 8.03. The van der Waals surface area contributed by atoms with Crippen molar-refractivity contribution < 1.29 is 14.3 Å². The molecule has 0 bridgehead atoms. The van der Waals surface area contributed by atoms with Gasteiger partial charge in [-0.1, -0.05) is 12.1 Å². The highest BCUT2D eigenvalue weighted by molar-refractivity contribution is 5.94. The molecular weight excluding hydrogens is 366 g/mol. The van der Waals surface area contributed by atoms with Gasteiger partial charge in [0, 0.05) is 43.5 Å². The lowest BCUT2D eigenvalue weighted by atomic mass is 9.84. The number of carbonyl (C=O) groups excluding carboxylic acids is 2. The summed E-state index contributed by atoms with van der Waals surface area (Å²) in [6.07, 6.45) is 4.75. The topological polar surface area (TPSA) is 62.7 Å². The molecule has 2 aliphatic rings. The van der Waals surface area contributed by atoms with Gasteiger partial charge in [0.2, 0.25) is 5.91 Å². The van der Waals surface area contributed by atoms with Gasteiger partial charge in [0.05, 0.1) is 12.7 Å². The van der Waals surface area contributed by atoms with E-state index in [4.69, 9.17) is 4.74 Å². The van der Waals surface area contributed by atoms with Crippen LogP contribution in [0.1, 0.15) is 47.3 Å². The van der Waals surface area contributed by atoms with Gasteiger partial charge < -0.3 is 14.5 Å². The van der Waals surface area contributed by atoms with Crippen LogP contribution in [0, 0.1) is 6.92 Å². The number of rotatable bonds is 4. The number of hydrogen-bond acceptors (Lipinski definition) is 4. The average molecular weight is 393 g/mol. The predicted molar refractivity (Wildman–Crippen MR) is 110 cm³/mol. The van der Waals surface area contributed by atoms with Gasteiger partial charge in [0.1, 0.15) is 5.75 Å². The maximum Gasteiger partial charge on any atom is 0.255 e. The van der Waals surface area contributed by atoms with Gasteiger partial charge in [-0.2, -0.15) is 0 Å². The monoisotopic (exact) mass is 393 g/mol. The first-order chi connectivity index (χ1) is 14.0. The van der Waals surface area contributed by atoms with E-state index in [1.165, 1.54) is 0 Å². The summed E-state index contributed by atoms with van der Waals surface area (Å²) in [5.74, 6) is 1.05. The Balaban J connectivity index is 1.44. The summed E-state index contributed by atoms with van der Waals surface area (Å²) in [7, 11) is 1.65. The molecule has 1 aromatic carbocycles. The second-order valence-corrected chi connectivity index (χ2v) is 8.03. The average Bonchev–Trinajstić information content (AvgIpc) is 3.04. The molecule has 2 amide bonds. The van der Waals surface area contributed by atoms with Crippen LogP contribution >= 0.6 is 0 Å². The number of ether oxygens (including phenoxy) is 1. The van der Waals surface area contributed by atoms with E-state index < -0.39 is 0 Å². The number of amides is 2. The van der Waals surface area contributed by atoms with Crippen molar-refractivity contribution in [3.05, 3.63) is 59.4 Å². The Kier molecular flexibility index (Phi) is 5.26. The molecule has 0 aliphatic carbocycles. The van der Waals surface area contributed by atoms with Gasteiger partial charge in [-0.3, -0.25) is 14.6 Å². The normalized spacial score (nSPS) is 18.3. The first-order valence-electron chi connectivity index (χ1n) is 10.2. The Morgan fingerprint density at radius 2 is 1.83 bits per heavy atom. The quantitative estimate of drug-likeness (QED) is 0.800. The van der Waals surface area contributed by atoms with E-state index in [9.17, 15) is 9.59 Å². The van der Waals surface area contributed by atoms with Crippen LogP contribution in [0.4, 0.5) is 0 Å². The molecule has 3 heterocycles. The molecule has 2 fully saturated rings. The zero-order chi connectivity index (χ0) is 20.4. The number of likely N-dealkylation sites (tertiary alicyclic amines) is 2. The molecule has 0 unspecified atom stereocenters. The van der Waals surface area contributed by atoms with Crippen molar-refractivity contribution in [3.8, 4) is 5.75 Å². The number of hydrogen-bond donors (Lipinski definition) is 0. The number of benzene rings is 1. The first kappa shape index (κ1) is 19.4. The van der Waals surface area contributed by atoms with Crippen molar-refractivity contribution in [2.45, 2.75) is 44.7 Å². The maximum atomic E-state index is 12.8. The molecule has 6 nitrogen and oxygen atoms in total. The van der Waals surface area contributed by atoms with Crippen LogP contribution in [-0.4, -0.2) is 52.3 Å². The van der Waals surface area contributed by atoms with Gasteiger partial charge in [-0.15, -0.1) is 0 Å². The highest BCUT2D eigenvalue weighted by Gasteiger charge is 2.47. The molecule has 0 saturated carbocycles. The van der Waals surface area contributed by atoms with Crippen molar-refractivity contribution in [1.29, 1.82) is 0 Å². The van der Waals surface area contributed by atoms with E-state index in [1.54, 1.807) is 13.3 Å². The standard InChI is InChI=1S/C23H27N3O3/c1-17-3-6-19(15-24-17)22(28)25-13-11-23(12-14-25)10-9-21(27)26(23)16-18-4-7-20(29-2)8-5-18/h3-8,15H,9-14,16H2,1-2H3. The van der Waals surface area contributed by atoms with Crippen molar-refractivity contribution in [2.24, 2.45) is 0 Å². The fourth-order valence-electron chi connectivity index (χ4n) is 4.47. The highest BCUT2D eigenvalue weighted by Crippen LogP contribution is 2.40. The third-order valence-corrected chi connectivity index (χ3v) is 6.32. The summed E-state index contributed by atoms with van der Waals surface area (Å²) >= 11 is 0. The molecular formula is C23H27N3O3. The SMILES string of the molecule is COc1ccc(CN2C(=O)CCC23CCN(C(=O)c2ccc(C)nc2)CC3)cc1. The molecule has 0 atom stereocenters. The van der Waals surface area contributed by atoms with Crippen molar-refractivity contribution >= 4 is 11.8 Å². The lowest BCUT2D eigenvalue weighted by Crippen LogP contribution is -2.53. The van der Waals surface area contributed by atoms with Crippen LogP contribution in [-0.2, 0) is 11.3 Å². The Morgan fingerprint density at radius 3 is 2.45 bits per heavy atom. The number of nitrogens with zero attached hydrogens (tertiary/aromatic N) is 3. The van der Waals surface area contributed by atoms with E-state index in [2.05, 4.69) is 4.98 Å². The van der Waals surface area contributed by atoms with Crippen LogP contribution in [0.15, 0.2) is 42.6 Å². The summed E-state index contributed by atoms with van der Waals surface area (Å²) in [6.45, 7) is 3.85. The third kappa shape index (κ3) is 3.84. The van der Waals surface area contributed by atoms with E-state index in [0.717, 1.165) is 36.3 Å². The molecule has 2 aliphatic heterocycles. The zero-order valence-electron chi connectivity index (χ0n) is 17.1. The summed E-state index contributed by atoms with van der Waals surface area (Å²) in [5.41, 5.74) is 2.49. The summed E-state index contributed by atoms with van der Waals surface area (Å²) in [5, 5.41) is 0. The van der Waals surface area contributed by atoms with E-state index in [0.29, 0.717) is 31.6 Å². The van der Waals surface area contributed by atoms with E-state index in [1.807, 2.05) is 53.1 Å². The lowest BCUT2D eigenvalue weighted by Gasteiger charge is -2.45. The summed E-state index contributed by atoms with van der Waals surface area (Å²) in [6, 6.07) is 11.6. The van der Waals surface area contributed by atoms with Crippen molar-refractivity contribution in [3.63, 3.8) is 0 Å². The highest BCUT2D eigenvalue weighted by atomic mass is 16.5. The van der Waals surface area contributed by atoms with Gasteiger partial charge in [0.25, 0.3) is 5.91 Å². The van der Waals surface area contributed by atoms with Crippen LogP contribution in [0.3, 0.4) is 0 Å². The third-order valence-electron chi connectivity index (χ3n) is 6.32. The summed E-state index contributed by atoms with van der Waals surface area (Å²) < 4.78 is 5.22. The minimum atomic E-state index is -0.140. The maximum absolute atomic E-state index is 12.8. The Bertz CT molecular complexity index is 885. The molecule has 4 rings (SSSR count). The molecule has 2 aromatic rings. The zero-order valence-corrected chi connectivity index (χ0v) is 17.1. The van der Waals surface area contributed by atoms with Gasteiger partial charge in [-0.05, 0) is 56.0 Å². The first-order valence-corrected chi connectivity index (χ1v) is 10.2. The largest absolute Gasteiger partial charge is 0.497 e. The molecule has 152 valence electrons. The number of carbonyl (C=O) groups is 2.